The van der Waals surface area contributed by atoms with Gasteiger partial charge in [0.15, 0.2) is 0 Å². The van der Waals surface area contributed by atoms with E-state index >= 15 is 0 Å². The lowest BCUT2D eigenvalue weighted by Gasteiger charge is -2.26. The monoisotopic (exact) mass is 408 g/mol. The third kappa shape index (κ3) is 3.53. The number of hydrogen-bond acceptors (Lipinski definition) is 5. The highest BCUT2D eigenvalue weighted by atomic mass is 16.5. The summed E-state index contributed by atoms with van der Waals surface area (Å²) in [6, 6.07) is 7.54. The standard InChI is InChI=1S/C25H28O5/c1-15(11-19-12-16(2)14-28-19)7-6-10-25(4)17(3)29-23-20-9-8-18(27-5)13-21(20)30-24(26)22(23)25/h7-9,12-14,17H,6,10-11H2,1-5H3. The highest BCUT2D eigenvalue weighted by Crippen LogP contribution is 2.47. The minimum Gasteiger partial charge on any atom is -0.497 e. The molecule has 0 bridgehead atoms. The molecule has 0 spiro atoms. The predicted molar refractivity (Wildman–Crippen MR) is 117 cm³/mol. The Morgan fingerprint density at radius 3 is 2.80 bits per heavy atom. The molecule has 0 aliphatic carbocycles. The van der Waals surface area contributed by atoms with Crippen LogP contribution in [0.2, 0.25) is 0 Å². The van der Waals surface area contributed by atoms with Crippen LogP contribution < -0.4 is 15.1 Å². The zero-order chi connectivity index (χ0) is 21.5. The molecule has 4 rings (SSSR count). The van der Waals surface area contributed by atoms with Gasteiger partial charge < -0.3 is 18.3 Å². The molecule has 3 aromatic rings. The van der Waals surface area contributed by atoms with Crippen LogP contribution in [0.1, 0.15) is 50.5 Å². The van der Waals surface area contributed by atoms with Gasteiger partial charge in [0.05, 0.1) is 24.3 Å². The zero-order valence-corrected chi connectivity index (χ0v) is 18.2. The molecule has 5 heteroatoms. The van der Waals surface area contributed by atoms with Crippen molar-refractivity contribution >= 4 is 11.0 Å². The molecule has 158 valence electrons. The van der Waals surface area contributed by atoms with Crippen molar-refractivity contribution in [2.45, 2.75) is 58.5 Å². The Bertz CT molecular complexity index is 1170. The van der Waals surface area contributed by atoms with E-state index in [4.69, 9.17) is 18.3 Å². The molecule has 2 unspecified atom stereocenters. The van der Waals surface area contributed by atoms with Crippen LogP contribution in [0.25, 0.3) is 11.0 Å². The van der Waals surface area contributed by atoms with Gasteiger partial charge in [-0.2, -0.15) is 0 Å². The molecule has 5 nitrogen and oxygen atoms in total. The first-order valence-corrected chi connectivity index (χ1v) is 10.3. The third-order valence-corrected chi connectivity index (χ3v) is 6.22. The maximum absolute atomic E-state index is 12.9. The third-order valence-electron chi connectivity index (χ3n) is 6.22. The first-order chi connectivity index (χ1) is 14.3. The second-order valence-corrected chi connectivity index (χ2v) is 8.49. The molecule has 1 aliphatic heterocycles. The maximum atomic E-state index is 12.9. The molecule has 3 heterocycles. The van der Waals surface area contributed by atoms with Crippen molar-refractivity contribution in [2.24, 2.45) is 0 Å². The average Bonchev–Trinajstić information content (AvgIpc) is 3.22. The van der Waals surface area contributed by atoms with Gasteiger partial charge in [-0.05, 0) is 57.4 Å². The van der Waals surface area contributed by atoms with Crippen LogP contribution in [0.15, 0.2) is 55.8 Å². The Labute approximate surface area is 176 Å². The van der Waals surface area contributed by atoms with Crippen LogP contribution in [0.4, 0.5) is 0 Å². The summed E-state index contributed by atoms with van der Waals surface area (Å²) in [4.78, 5) is 12.9. The van der Waals surface area contributed by atoms with E-state index in [1.54, 1.807) is 19.4 Å². The van der Waals surface area contributed by atoms with E-state index in [1.165, 1.54) is 5.57 Å². The van der Waals surface area contributed by atoms with Crippen molar-refractivity contribution in [3.63, 3.8) is 0 Å². The Balaban J connectivity index is 1.60. The largest absolute Gasteiger partial charge is 0.497 e. The van der Waals surface area contributed by atoms with Crippen LogP contribution in [-0.2, 0) is 11.8 Å². The number of aryl methyl sites for hydroxylation is 1. The summed E-state index contributed by atoms with van der Waals surface area (Å²) in [5.41, 5.74) is 2.76. The number of benzene rings is 1. The first kappa shape index (κ1) is 20.3. The Hall–Kier alpha value is -2.95. The smallest absolute Gasteiger partial charge is 0.343 e. The predicted octanol–water partition coefficient (Wildman–Crippen LogP) is 5.71. The number of fused-ring (bicyclic) bond motifs is 3. The molecule has 0 saturated carbocycles. The summed E-state index contributed by atoms with van der Waals surface area (Å²) in [5, 5.41) is 0.806. The van der Waals surface area contributed by atoms with Crippen molar-refractivity contribution in [1.82, 2.24) is 0 Å². The van der Waals surface area contributed by atoms with E-state index in [0.29, 0.717) is 22.6 Å². The highest BCUT2D eigenvalue weighted by Gasteiger charge is 2.46. The van der Waals surface area contributed by atoms with Gasteiger partial charge in [0.2, 0.25) is 0 Å². The van der Waals surface area contributed by atoms with Crippen molar-refractivity contribution in [1.29, 1.82) is 0 Å². The number of hydrogen-bond donors (Lipinski definition) is 0. The van der Waals surface area contributed by atoms with Gasteiger partial charge in [-0.25, -0.2) is 4.79 Å². The fourth-order valence-electron chi connectivity index (χ4n) is 4.28. The molecule has 1 aliphatic rings. The lowest BCUT2D eigenvalue weighted by Crippen LogP contribution is -2.35. The minimum atomic E-state index is -0.415. The van der Waals surface area contributed by atoms with Crippen molar-refractivity contribution < 1.29 is 18.3 Å². The molecular weight excluding hydrogens is 380 g/mol. The lowest BCUT2D eigenvalue weighted by atomic mass is 9.76. The summed E-state index contributed by atoms with van der Waals surface area (Å²) < 4.78 is 22.7. The van der Waals surface area contributed by atoms with E-state index in [-0.39, 0.29) is 11.7 Å². The normalized spacial score (nSPS) is 21.0. The van der Waals surface area contributed by atoms with Gasteiger partial charge in [0, 0.05) is 17.9 Å². The van der Waals surface area contributed by atoms with E-state index < -0.39 is 5.41 Å². The van der Waals surface area contributed by atoms with Crippen LogP contribution in [0.5, 0.6) is 11.5 Å². The van der Waals surface area contributed by atoms with E-state index in [1.807, 2.05) is 26.0 Å². The summed E-state index contributed by atoms with van der Waals surface area (Å²) in [6.07, 6.45) is 6.31. The van der Waals surface area contributed by atoms with Crippen LogP contribution in [-0.4, -0.2) is 13.2 Å². The average molecular weight is 408 g/mol. The number of methoxy groups -OCH3 is 1. The summed E-state index contributed by atoms with van der Waals surface area (Å²) in [7, 11) is 1.59. The molecule has 0 fully saturated rings. The van der Waals surface area contributed by atoms with E-state index in [0.717, 1.165) is 36.0 Å². The molecule has 0 N–H and O–H groups in total. The van der Waals surface area contributed by atoms with E-state index in [9.17, 15) is 4.79 Å². The number of ether oxygens (including phenoxy) is 2. The fourth-order valence-corrected chi connectivity index (χ4v) is 4.28. The quantitative estimate of drug-likeness (QED) is 0.386. The lowest BCUT2D eigenvalue weighted by molar-refractivity contribution is 0.169. The molecule has 2 atom stereocenters. The maximum Gasteiger partial charge on any atom is 0.343 e. The second kappa shape index (κ2) is 7.71. The van der Waals surface area contributed by atoms with Crippen LogP contribution in [0, 0.1) is 6.92 Å². The van der Waals surface area contributed by atoms with Crippen molar-refractivity contribution in [3.05, 3.63) is 69.5 Å². The van der Waals surface area contributed by atoms with Crippen LogP contribution >= 0.6 is 0 Å². The summed E-state index contributed by atoms with van der Waals surface area (Å²) in [5.74, 6) is 2.26. The van der Waals surface area contributed by atoms with Gasteiger partial charge in [-0.3, -0.25) is 0 Å². The Kier molecular flexibility index (Phi) is 5.22. The highest BCUT2D eigenvalue weighted by molar-refractivity contribution is 5.86. The van der Waals surface area contributed by atoms with Gasteiger partial charge in [-0.1, -0.05) is 18.6 Å². The Morgan fingerprint density at radius 1 is 1.30 bits per heavy atom. The zero-order valence-electron chi connectivity index (χ0n) is 18.2. The topological polar surface area (TPSA) is 61.8 Å². The summed E-state index contributed by atoms with van der Waals surface area (Å²) in [6.45, 7) is 8.25. The molecule has 0 radical (unpaired) electrons. The number of furan rings is 1. The van der Waals surface area contributed by atoms with Gasteiger partial charge in [0.1, 0.15) is 28.9 Å². The molecule has 0 amide bonds. The van der Waals surface area contributed by atoms with Gasteiger partial charge >= 0.3 is 5.63 Å². The molecular formula is C25H28O5. The molecule has 2 aromatic heterocycles. The van der Waals surface area contributed by atoms with Crippen molar-refractivity contribution in [2.75, 3.05) is 7.11 Å². The minimum absolute atomic E-state index is 0.121. The SMILES string of the molecule is COc1ccc2c3c(c(=O)oc2c1)C(C)(CCC=C(C)Cc1cc(C)co1)C(C)O3. The molecule has 0 saturated heterocycles. The number of allylic oxidation sites excluding steroid dienone is 2. The summed E-state index contributed by atoms with van der Waals surface area (Å²) >= 11 is 0. The number of rotatable bonds is 6. The molecule has 30 heavy (non-hydrogen) atoms. The Morgan fingerprint density at radius 2 is 2.10 bits per heavy atom. The van der Waals surface area contributed by atoms with Crippen molar-refractivity contribution in [3.8, 4) is 11.5 Å². The molecule has 1 aromatic carbocycles. The van der Waals surface area contributed by atoms with Gasteiger partial charge in [-0.15, -0.1) is 0 Å². The fraction of sp³-hybridized carbons (Fsp3) is 0.400. The second-order valence-electron chi connectivity index (χ2n) is 8.49. The first-order valence-electron chi connectivity index (χ1n) is 10.3. The van der Waals surface area contributed by atoms with Gasteiger partial charge in [0.25, 0.3) is 0 Å². The van der Waals surface area contributed by atoms with Crippen LogP contribution in [0.3, 0.4) is 0 Å². The van der Waals surface area contributed by atoms with E-state index in [2.05, 4.69) is 26.0 Å².